The Morgan fingerprint density at radius 3 is 2.58 bits per heavy atom. The highest BCUT2D eigenvalue weighted by molar-refractivity contribution is 7.90. The van der Waals surface area contributed by atoms with Crippen LogP contribution in [0.5, 0.6) is 0 Å². The smallest absolute Gasteiger partial charge is 0.416 e. The molecule has 0 saturated heterocycles. The topological polar surface area (TPSA) is 49.1 Å². The van der Waals surface area contributed by atoms with Crippen LogP contribution >= 0.6 is 11.6 Å². The van der Waals surface area contributed by atoms with Crippen molar-refractivity contribution in [2.24, 2.45) is 0 Å². The number of nitrogens with zero attached hydrogens (tertiary/aromatic N) is 1. The molecule has 0 saturated carbocycles. The van der Waals surface area contributed by atoms with Gasteiger partial charge in [-0.3, -0.25) is 0 Å². The molecule has 3 aromatic rings. The Labute approximate surface area is 118 Å². The first kappa shape index (κ1) is 12.5. The van der Waals surface area contributed by atoms with E-state index in [4.69, 9.17) is 16.0 Å². The summed E-state index contributed by atoms with van der Waals surface area (Å²) in [6, 6.07) is 14.6. The Morgan fingerprint density at radius 1 is 1.11 bits per heavy atom. The van der Waals surface area contributed by atoms with Crippen molar-refractivity contribution in [1.82, 2.24) is 4.98 Å². The van der Waals surface area contributed by atoms with E-state index in [1.54, 1.807) is 12.1 Å². The number of oxazole rings is 1. The molecule has 1 unspecified atom stereocenters. The van der Waals surface area contributed by atoms with Crippen LogP contribution in [0.15, 0.2) is 58.2 Å². The number of hydrogen-bond donors (Lipinski definition) is 0. The molecule has 1 aromatic heterocycles. The summed E-state index contributed by atoms with van der Waals surface area (Å²) in [7, 11) is 0. The Kier molecular flexibility index (Phi) is 3.46. The lowest BCUT2D eigenvalue weighted by Crippen LogP contribution is -2.05. The molecule has 2 aromatic carbocycles. The van der Waals surface area contributed by atoms with Gasteiger partial charge in [-0.25, -0.2) is 0 Å². The number of hydrogen-bond acceptors (Lipinski definition) is 3. The average molecular weight is 292 g/mol. The van der Waals surface area contributed by atoms with E-state index in [0.29, 0.717) is 16.4 Å². The fraction of sp³-hybridized carbons (Fsp3) is 0.0714. The van der Waals surface area contributed by atoms with Gasteiger partial charge in [0.15, 0.2) is 5.58 Å². The molecule has 0 bridgehead atoms. The number of halogens is 1. The largest absolute Gasteiger partial charge is 0.607 e. The highest BCUT2D eigenvalue weighted by Crippen LogP contribution is 2.22. The van der Waals surface area contributed by atoms with Crippen LogP contribution in [0.4, 0.5) is 0 Å². The van der Waals surface area contributed by atoms with Crippen molar-refractivity contribution in [1.29, 1.82) is 0 Å². The van der Waals surface area contributed by atoms with Crippen molar-refractivity contribution in [2.45, 2.75) is 11.0 Å². The lowest BCUT2D eigenvalue weighted by atomic mass is 10.2. The Morgan fingerprint density at radius 2 is 1.84 bits per heavy atom. The Bertz CT molecular complexity index is 663. The first-order chi connectivity index (χ1) is 9.22. The maximum Gasteiger partial charge on any atom is 0.416 e. The average Bonchev–Trinajstić information content (AvgIpc) is 2.85. The van der Waals surface area contributed by atoms with E-state index in [0.717, 1.165) is 11.1 Å². The van der Waals surface area contributed by atoms with E-state index in [1.807, 2.05) is 36.4 Å². The standard InChI is InChI=1S/C14H10ClNO2S/c15-11-7-5-10(6-8-11)9-19(17)14-16-12-3-1-2-4-13(12)18-14/h1-8H,9H2. The monoisotopic (exact) mass is 291 g/mol. The lowest BCUT2D eigenvalue weighted by Gasteiger charge is -2.05. The second-order valence-corrected chi connectivity index (χ2v) is 5.83. The highest BCUT2D eigenvalue weighted by Gasteiger charge is 2.19. The zero-order valence-electron chi connectivity index (χ0n) is 9.88. The lowest BCUT2D eigenvalue weighted by molar-refractivity contribution is 0.458. The molecule has 0 N–H and O–H groups in total. The molecule has 0 aliphatic carbocycles. The molecule has 1 heterocycles. The molecule has 3 nitrogen and oxygen atoms in total. The molecule has 0 fully saturated rings. The van der Waals surface area contributed by atoms with E-state index in [-0.39, 0.29) is 5.22 Å². The van der Waals surface area contributed by atoms with Gasteiger partial charge in [0.1, 0.15) is 11.3 Å². The summed E-state index contributed by atoms with van der Waals surface area (Å²) in [4.78, 5) is 4.23. The van der Waals surface area contributed by atoms with Crippen LogP contribution in [0.2, 0.25) is 5.02 Å². The number of aromatic nitrogens is 1. The van der Waals surface area contributed by atoms with Gasteiger partial charge in [0.2, 0.25) is 0 Å². The van der Waals surface area contributed by atoms with Crippen molar-refractivity contribution in [3.05, 3.63) is 59.1 Å². The van der Waals surface area contributed by atoms with Crippen molar-refractivity contribution in [3.63, 3.8) is 0 Å². The summed E-state index contributed by atoms with van der Waals surface area (Å²) in [5.74, 6) is 0.365. The van der Waals surface area contributed by atoms with Gasteiger partial charge in [0.25, 0.3) is 0 Å². The highest BCUT2D eigenvalue weighted by atomic mass is 35.5. The number of para-hydroxylation sites is 2. The fourth-order valence-corrected chi connectivity index (χ4v) is 2.87. The third-order valence-electron chi connectivity index (χ3n) is 2.68. The van der Waals surface area contributed by atoms with Crippen LogP contribution in [0.3, 0.4) is 0 Å². The molecule has 0 spiro atoms. The van der Waals surface area contributed by atoms with E-state index in [1.165, 1.54) is 0 Å². The second kappa shape index (κ2) is 5.25. The predicted octanol–water partition coefficient (Wildman–Crippen LogP) is 3.79. The summed E-state index contributed by atoms with van der Waals surface area (Å²) in [6.07, 6.45) is 0. The van der Waals surface area contributed by atoms with Crippen molar-refractivity contribution in [2.75, 3.05) is 0 Å². The minimum Gasteiger partial charge on any atom is -0.607 e. The summed E-state index contributed by atoms with van der Waals surface area (Å²) in [5, 5.41) is 0.924. The third kappa shape index (κ3) is 2.76. The fourth-order valence-electron chi connectivity index (χ4n) is 1.74. The van der Waals surface area contributed by atoms with E-state index >= 15 is 0 Å². The van der Waals surface area contributed by atoms with Gasteiger partial charge >= 0.3 is 5.22 Å². The second-order valence-electron chi connectivity index (χ2n) is 4.06. The first-order valence-electron chi connectivity index (χ1n) is 5.71. The van der Waals surface area contributed by atoms with E-state index in [2.05, 4.69) is 4.98 Å². The van der Waals surface area contributed by atoms with Gasteiger partial charge in [0, 0.05) is 10.6 Å². The summed E-state index contributed by atoms with van der Waals surface area (Å²) >= 11 is 4.52. The molecular formula is C14H10ClNO2S. The molecule has 1 atom stereocenters. The predicted molar refractivity (Wildman–Crippen MR) is 75.6 cm³/mol. The Hall–Kier alpha value is -1.49. The van der Waals surface area contributed by atoms with Gasteiger partial charge in [-0.05, 0) is 24.3 Å². The maximum atomic E-state index is 12.2. The molecule has 0 aliphatic rings. The van der Waals surface area contributed by atoms with Gasteiger partial charge < -0.3 is 8.97 Å². The molecule has 5 heteroatoms. The molecule has 0 aliphatic heterocycles. The number of fused-ring (bicyclic) bond motifs is 1. The normalized spacial score (nSPS) is 12.7. The van der Waals surface area contributed by atoms with Gasteiger partial charge in [-0.15, -0.1) is 0 Å². The van der Waals surface area contributed by atoms with Crippen LogP contribution in [0, 0.1) is 0 Å². The molecular weight excluding hydrogens is 282 g/mol. The maximum absolute atomic E-state index is 12.2. The quantitative estimate of drug-likeness (QED) is 0.690. The molecule has 19 heavy (non-hydrogen) atoms. The first-order valence-corrected chi connectivity index (χ1v) is 7.40. The molecule has 96 valence electrons. The number of rotatable bonds is 3. The minimum atomic E-state index is -1.29. The van der Waals surface area contributed by atoms with Crippen LogP contribution in [0.1, 0.15) is 5.56 Å². The minimum absolute atomic E-state index is 0.260. The van der Waals surface area contributed by atoms with Crippen molar-refractivity contribution >= 4 is 33.9 Å². The summed E-state index contributed by atoms with van der Waals surface area (Å²) in [6.45, 7) is 0. The van der Waals surface area contributed by atoms with Crippen molar-refractivity contribution in [3.8, 4) is 0 Å². The zero-order valence-corrected chi connectivity index (χ0v) is 11.4. The van der Waals surface area contributed by atoms with Gasteiger partial charge in [-0.2, -0.15) is 4.98 Å². The van der Waals surface area contributed by atoms with Gasteiger partial charge in [-0.1, -0.05) is 35.9 Å². The Balaban J connectivity index is 1.83. The zero-order chi connectivity index (χ0) is 13.2. The summed E-state index contributed by atoms with van der Waals surface area (Å²) < 4.78 is 17.7. The van der Waals surface area contributed by atoms with Crippen molar-refractivity contribution < 1.29 is 8.97 Å². The molecule has 0 amide bonds. The summed E-state index contributed by atoms with van der Waals surface area (Å²) in [5.41, 5.74) is 2.31. The van der Waals surface area contributed by atoms with Crippen LogP contribution in [-0.4, -0.2) is 9.54 Å². The van der Waals surface area contributed by atoms with Gasteiger partial charge in [0.05, 0.1) is 11.2 Å². The SMILES string of the molecule is [O-][S+](Cc1ccc(Cl)cc1)c1nc2ccccc2o1. The van der Waals surface area contributed by atoms with E-state index < -0.39 is 11.2 Å². The van der Waals surface area contributed by atoms with Crippen LogP contribution < -0.4 is 0 Å². The van der Waals surface area contributed by atoms with E-state index in [9.17, 15) is 4.55 Å². The van der Waals surface area contributed by atoms with Crippen LogP contribution in [-0.2, 0) is 16.9 Å². The third-order valence-corrected chi connectivity index (χ3v) is 4.09. The number of benzene rings is 2. The molecule has 3 rings (SSSR count). The van der Waals surface area contributed by atoms with Crippen LogP contribution in [0.25, 0.3) is 11.1 Å². The molecule has 0 radical (unpaired) electrons.